The molecule has 0 saturated heterocycles. The molecule has 4 nitrogen and oxygen atoms in total. The van der Waals surface area contributed by atoms with E-state index < -0.39 is 0 Å². The molecule has 3 aromatic rings. The second-order valence-electron chi connectivity index (χ2n) is 4.27. The summed E-state index contributed by atoms with van der Waals surface area (Å²) in [5.41, 5.74) is 0.855. The number of nitrogens with zero attached hydrogens (tertiary/aromatic N) is 2. The summed E-state index contributed by atoms with van der Waals surface area (Å²) < 4.78 is 5.19. The SMILES string of the molecule is COc1cccc(Nc2nc(Cl)c3cc(C)sc3n2)c1. The van der Waals surface area contributed by atoms with Gasteiger partial charge in [0, 0.05) is 22.0 Å². The van der Waals surface area contributed by atoms with E-state index in [4.69, 9.17) is 16.3 Å². The fourth-order valence-electron chi connectivity index (χ4n) is 1.89. The number of anilines is 2. The zero-order valence-corrected chi connectivity index (χ0v) is 12.5. The van der Waals surface area contributed by atoms with Gasteiger partial charge in [0.25, 0.3) is 0 Å². The fourth-order valence-corrected chi connectivity index (χ4v) is 3.05. The predicted molar refractivity (Wildman–Crippen MR) is 83.4 cm³/mol. The summed E-state index contributed by atoms with van der Waals surface area (Å²) in [7, 11) is 1.63. The molecule has 6 heteroatoms. The van der Waals surface area contributed by atoms with E-state index in [1.807, 2.05) is 37.3 Å². The highest BCUT2D eigenvalue weighted by Gasteiger charge is 2.09. The van der Waals surface area contributed by atoms with E-state index in [2.05, 4.69) is 15.3 Å². The van der Waals surface area contributed by atoms with Gasteiger partial charge < -0.3 is 10.1 Å². The van der Waals surface area contributed by atoms with Crippen molar-refractivity contribution in [2.45, 2.75) is 6.92 Å². The van der Waals surface area contributed by atoms with Gasteiger partial charge in [0.05, 0.1) is 7.11 Å². The van der Waals surface area contributed by atoms with Crippen LogP contribution in [0.4, 0.5) is 11.6 Å². The summed E-state index contributed by atoms with van der Waals surface area (Å²) in [5.74, 6) is 1.26. The van der Waals surface area contributed by atoms with Crippen molar-refractivity contribution in [3.63, 3.8) is 0 Å². The number of ether oxygens (including phenoxy) is 1. The second-order valence-corrected chi connectivity index (χ2v) is 5.86. The second kappa shape index (κ2) is 5.26. The van der Waals surface area contributed by atoms with Gasteiger partial charge >= 0.3 is 0 Å². The number of thiophene rings is 1. The number of aryl methyl sites for hydroxylation is 1. The topological polar surface area (TPSA) is 47.0 Å². The Kier molecular flexibility index (Phi) is 3.46. The van der Waals surface area contributed by atoms with Crippen LogP contribution in [0.5, 0.6) is 5.75 Å². The Morgan fingerprint density at radius 3 is 2.90 bits per heavy atom. The summed E-state index contributed by atoms with van der Waals surface area (Å²) in [6.45, 7) is 2.03. The third kappa shape index (κ3) is 2.55. The number of methoxy groups -OCH3 is 1. The molecule has 2 aromatic heterocycles. The zero-order valence-electron chi connectivity index (χ0n) is 11.0. The monoisotopic (exact) mass is 305 g/mol. The Morgan fingerprint density at radius 1 is 1.25 bits per heavy atom. The van der Waals surface area contributed by atoms with Crippen molar-refractivity contribution in [1.82, 2.24) is 9.97 Å². The van der Waals surface area contributed by atoms with Crippen LogP contribution in [0.3, 0.4) is 0 Å². The molecule has 0 aliphatic rings. The lowest BCUT2D eigenvalue weighted by Gasteiger charge is -2.07. The van der Waals surface area contributed by atoms with Crippen molar-refractivity contribution in [2.24, 2.45) is 0 Å². The lowest BCUT2D eigenvalue weighted by Crippen LogP contribution is -1.97. The van der Waals surface area contributed by atoms with E-state index in [0.29, 0.717) is 11.1 Å². The summed E-state index contributed by atoms with van der Waals surface area (Å²) in [6.07, 6.45) is 0. The highest BCUT2D eigenvalue weighted by molar-refractivity contribution is 7.18. The van der Waals surface area contributed by atoms with Gasteiger partial charge in [-0.2, -0.15) is 0 Å². The van der Waals surface area contributed by atoms with Gasteiger partial charge in [0.15, 0.2) is 0 Å². The lowest BCUT2D eigenvalue weighted by molar-refractivity contribution is 0.415. The van der Waals surface area contributed by atoms with Gasteiger partial charge in [-0.15, -0.1) is 11.3 Å². The van der Waals surface area contributed by atoms with Gasteiger partial charge in [-0.25, -0.2) is 9.97 Å². The maximum absolute atomic E-state index is 6.19. The van der Waals surface area contributed by atoms with Crippen molar-refractivity contribution >= 4 is 44.8 Å². The quantitative estimate of drug-likeness (QED) is 0.728. The zero-order chi connectivity index (χ0) is 14.1. The van der Waals surface area contributed by atoms with Crippen LogP contribution in [0, 0.1) is 6.92 Å². The summed E-state index contributed by atoms with van der Waals surface area (Å²) in [6, 6.07) is 9.57. The smallest absolute Gasteiger partial charge is 0.230 e. The van der Waals surface area contributed by atoms with E-state index >= 15 is 0 Å². The minimum absolute atomic E-state index is 0.463. The lowest BCUT2D eigenvalue weighted by atomic mass is 10.3. The Bertz CT molecular complexity index is 772. The maximum Gasteiger partial charge on any atom is 0.230 e. The van der Waals surface area contributed by atoms with Gasteiger partial charge in [0.2, 0.25) is 5.95 Å². The Hall–Kier alpha value is -1.85. The minimum atomic E-state index is 0.463. The third-order valence-corrected chi connectivity index (χ3v) is 4.03. The molecule has 0 saturated carbocycles. The normalized spacial score (nSPS) is 10.8. The van der Waals surface area contributed by atoms with Gasteiger partial charge in [-0.3, -0.25) is 0 Å². The predicted octanol–water partition coefficient (Wildman–Crippen LogP) is 4.41. The molecule has 0 aliphatic carbocycles. The molecular formula is C14H12ClN3OS. The molecule has 0 aliphatic heterocycles. The van der Waals surface area contributed by atoms with E-state index in [1.165, 1.54) is 0 Å². The first kappa shape index (κ1) is 13.1. The molecule has 20 heavy (non-hydrogen) atoms. The molecule has 0 atom stereocenters. The van der Waals surface area contributed by atoms with Crippen LogP contribution in [0.2, 0.25) is 5.15 Å². The van der Waals surface area contributed by atoms with Gasteiger partial charge in [-0.05, 0) is 25.1 Å². The number of hydrogen-bond acceptors (Lipinski definition) is 5. The van der Waals surface area contributed by atoms with Crippen molar-refractivity contribution < 1.29 is 4.74 Å². The van der Waals surface area contributed by atoms with Gasteiger partial charge in [-0.1, -0.05) is 17.7 Å². The average Bonchev–Trinajstić information content (AvgIpc) is 2.80. The third-order valence-electron chi connectivity index (χ3n) is 2.80. The molecule has 0 unspecified atom stereocenters. The maximum atomic E-state index is 6.19. The molecular weight excluding hydrogens is 294 g/mol. The number of aromatic nitrogens is 2. The molecule has 0 spiro atoms. The van der Waals surface area contributed by atoms with Crippen LogP contribution in [-0.2, 0) is 0 Å². The number of nitrogens with one attached hydrogen (secondary N) is 1. The molecule has 0 radical (unpaired) electrons. The fraction of sp³-hybridized carbons (Fsp3) is 0.143. The Balaban J connectivity index is 1.97. The highest BCUT2D eigenvalue weighted by atomic mass is 35.5. The van der Waals surface area contributed by atoms with Crippen LogP contribution in [0.25, 0.3) is 10.2 Å². The highest BCUT2D eigenvalue weighted by Crippen LogP contribution is 2.30. The van der Waals surface area contributed by atoms with Crippen LogP contribution in [0.15, 0.2) is 30.3 Å². The van der Waals surface area contributed by atoms with Crippen molar-refractivity contribution in [3.8, 4) is 5.75 Å². The van der Waals surface area contributed by atoms with Crippen molar-refractivity contribution in [3.05, 3.63) is 40.4 Å². The summed E-state index contributed by atoms with van der Waals surface area (Å²) in [4.78, 5) is 10.8. The minimum Gasteiger partial charge on any atom is -0.497 e. The molecule has 2 heterocycles. The number of benzene rings is 1. The van der Waals surface area contributed by atoms with Crippen molar-refractivity contribution in [1.29, 1.82) is 0 Å². The molecule has 0 bridgehead atoms. The molecule has 0 fully saturated rings. The molecule has 0 amide bonds. The first-order chi connectivity index (χ1) is 9.65. The number of fused-ring (bicyclic) bond motifs is 1. The van der Waals surface area contributed by atoms with E-state index in [-0.39, 0.29) is 0 Å². The first-order valence-electron chi connectivity index (χ1n) is 6.00. The van der Waals surface area contributed by atoms with Crippen LogP contribution in [-0.4, -0.2) is 17.1 Å². The molecule has 3 rings (SSSR count). The van der Waals surface area contributed by atoms with Crippen molar-refractivity contribution in [2.75, 3.05) is 12.4 Å². The summed E-state index contributed by atoms with van der Waals surface area (Å²) >= 11 is 7.79. The van der Waals surface area contributed by atoms with Gasteiger partial charge in [0.1, 0.15) is 15.7 Å². The molecule has 1 N–H and O–H groups in total. The van der Waals surface area contributed by atoms with E-state index in [1.54, 1.807) is 18.4 Å². The number of rotatable bonds is 3. The largest absolute Gasteiger partial charge is 0.497 e. The standard InChI is InChI=1S/C14H12ClN3OS/c1-8-6-11-12(15)17-14(18-13(11)20-8)16-9-4-3-5-10(7-9)19-2/h3-7H,1-2H3,(H,16,17,18). The molecule has 102 valence electrons. The first-order valence-corrected chi connectivity index (χ1v) is 7.20. The number of hydrogen-bond donors (Lipinski definition) is 1. The van der Waals surface area contributed by atoms with E-state index in [0.717, 1.165) is 26.5 Å². The van der Waals surface area contributed by atoms with Crippen LogP contribution >= 0.6 is 22.9 Å². The number of halogens is 1. The van der Waals surface area contributed by atoms with E-state index in [9.17, 15) is 0 Å². The van der Waals surface area contributed by atoms with Crippen LogP contribution in [0.1, 0.15) is 4.88 Å². The Morgan fingerprint density at radius 2 is 2.10 bits per heavy atom. The molecule has 1 aromatic carbocycles. The van der Waals surface area contributed by atoms with Crippen LogP contribution < -0.4 is 10.1 Å². The Labute approximate surface area is 125 Å². The summed E-state index contributed by atoms with van der Waals surface area (Å²) in [5, 5.41) is 4.50. The average molecular weight is 306 g/mol.